The summed E-state index contributed by atoms with van der Waals surface area (Å²) in [5.41, 5.74) is 0. The quantitative estimate of drug-likeness (QED) is 0.443. The minimum absolute atomic E-state index is 0.324. The van der Waals surface area contributed by atoms with Crippen LogP contribution in [0.5, 0.6) is 0 Å². The Labute approximate surface area is 80.8 Å². The van der Waals surface area contributed by atoms with Crippen molar-refractivity contribution in [2.45, 2.75) is 32.8 Å². The zero-order valence-corrected chi connectivity index (χ0v) is 8.81. The Kier molecular flexibility index (Phi) is 7.62. The van der Waals surface area contributed by atoms with Gasteiger partial charge in [-0.05, 0) is 32.6 Å². The predicted molar refractivity (Wildman–Crippen MR) is 54.7 cm³/mol. The molecule has 2 heteroatoms. The van der Waals surface area contributed by atoms with E-state index in [0.717, 1.165) is 19.4 Å². The highest BCUT2D eigenvalue weighted by molar-refractivity contribution is 6.18. The lowest BCUT2D eigenvalue weighted by Crippen LogP contribution is -2.09. The van der Waals surface area contributed by atoms with Crippen LogP contribution in [0.1, 0.15) is 26.7 Å². The van der Waals surface area contributed by atoms with Gasteiger partial charge in [-0.25, -0.2) is 0 Å². The molecule has 0 saturated heterocycles. The molecule has 0 aromatic rings. The van der Waals surface area contributed by atoms with Crippen LogP contribution >= 0.6 is 11.6 Å². The Hall–Kier alpha value is -0.0100. The van der Waals surface area contributed by atoms with Crippen LogP contribution in [-0.4, -0.2) is 18.6 Å². The lowest BCUT2D eigenvalue weighted by Gasteiger charge is -2.12. The maximum atomic E-state index is 5.76. The Balaban J connectivity index is 3.37. The second kappa shape index (κ2) is 7.63. The normalized spacial score (nSPS) is 13.3. The third kappa shape index (κ3) is 6.68. The third-order valence-corrected chi connectivity index (χ3v) is 2.13. The van der Waals surface area contributed by atoms with Crippen LogP contribution < -0.4 is 0 Å². The second-order valence-corrected chi connectivity index (χ2v) is 3.56. The van der Waals surface area contributed by atoms with Crippen molar-refractivity contribution in [3.8, 4) is 0 Å². The highest BCUT2D eigenvalue weighted by Gasteiger charge is 2.05. The van der Waals surface area contributed by atoms with Gasteiger partial charge >= 0.3 is 0 Å². The molecule has 0 radical (unpaired) electrons. The Morgan fingerprint density at radius 2 is 2.17 bits per heavy atom. The van der Waals surface area contributed by atoms with Gasteiger partial charge in [0.25, 0.3) is 0 Å². The van der Waals surface area contributed by atoms with Gasteiger partial charge in [-0.1, -0.05) is 6.08 Å². The van der Waals surface area contributed by atoms with Gasteiger partial charge in [0.15, 0.2) is 0 Å². The van der Waals surface area contributed by atoms with Crippen molar-refractivity contribution in [3.05, 3.63) is 12.7 Å². The lowest BCUT2D eigenvalue weighted by molar-refractivity contribution is 0.0702. The molecule has 0 fully saturated rings. The summed E-state index contributed by atoms with van der Waals surface area (Å²) >= 11 is 5.76. The fourth-order valence-corrected chi connectivity index (χ4v) is 1.24. The Morgan fingerprint density at radius 1 is 1.50 bits per heavy atom. The molecule has 0 aliphatic rings. The molecule has 1 atom stereocenters. The summed E-state index contributed by atoms with van der Waals surface area (Å²) in [6, 6.07) is 0. The number of rotatable bonds is 7. The fourth-order valence-electron chi connectivity index (χ4n) is 0.964. The SMILES string of the molecule is C=CCC(CCl)CCOC(C)C. The van der Waals surface area contributed by atoms with E-state index in [1.54, 1.807) is 0 Å². The molecular weight excluding hydrogens is 172 g/mol. The Bertz CT molecular complexity index is 112. The number of hydrogen-bond acceptors (Lipinski definition) is 1. The predicted octanol–water partition coefficient (Wildman–Crippen LogP) is 3.23. The molecule has 0 N–H and O–H groups in total. The summed E-state index contributed by atoms with van der Waals surface area (Å²) < 4.78 is 5.43. The van der Waals surface area contributed by atoms with E-state index in [9.17, 15) is 0 Å². The van der Waals surface area contributed by atoms with E-state index in [4.69, 9.17) is 16.3 Å². The van der Waals surface area contributed by atoms with E-state index in [1.807, 2.05) is 19.9 Å². The number of ether oxygens (including phenoxy) is 1. The van der Waals surface area contributed by atoms with Gasteiger partial charge in [0, 0.05) is 12.5 Å². The zero-order chi connectivity index (χ0) is 9.40. The average Bonchev–Trinajstić information content (AvgIpc) is 2.02. The topological polar surface area (TPSA) is 9.23 Å². The first-order valence-corrected chi connectivity index (χ1v) is 5.02. The minimum Gasteiger partial charge on any atom is -0.379 e. The van der Waals surface area contributed by atoms with Crippen LogP contribution in [-0.2, 0) is 4.74 Å². The van der Waals surface area contributed by atoms with Gasteiger partial charge in [-0.3, -0.25) is 0 Å². The summed E-state index contributed by atoms with van der Waals surface area (Å²) in [4.78, 5) is 0. The van der Waals surface area contributed by atoms with Gasteiger partial charge < -0.3 is 4.74 Å². The van der Waals surface area contributed by atoms with E-state index < -0.39 is 0 Å². The summed E-state index contributed by atoms with van der Waals surface area (Å²) in [5, 5.41) is 0. The molecule has 0 aromatic heterocycles. The average molecular weight is 191 g/mol. The molecule has 0 bridgehead atoms. The van der Waals surface area contributed by atoms with Crippen LogP contribution in [0, 0.1) is 5.92 Å². The smallest absolute Gasteiger partial charge is 0.0518 e. The van der Waals surface area contributed by atoms with Crippen molar-refractivity contribution in [3.63, 3.8) is 0 Å². The standard InChI is InChI=1S/C10H19ClO/c1-4-5-10(8-11)6-7-12-9(2)3/h4,9-10H,1,5-8H2,2-3H3. The van der Waals surface area contributed by atoms with Crippen molar-refractivity contribution in [1.29, 1.82) is 0 Å². The number of halogens is 1. The van der Waals surface area contributed by atoms with Crippen molar-refractivity contribution >= 4 is 11.6 Å². The molecule has 0 rings (SSSR count). The van der Waals surface area contributed by atoms with Crippen LogP contribution in [0.4, 0.5) is 0 Å². The van der Waals surface area contributed by atoms with Crippen molar-refractivity contribution in [2.75, 3.05) is 12.5 Å². The summed E-state index contributed by atoms with van der Waals surface area (Å²) in [7, 11) is 0. The number of alkyl halides is 1. The summed E-state index contributed by atoms with van der Waals surface area (Å²) in [6.45, 7) is 8.59. The molecule has 12 heavy (non-hydrogen) atoms. The molecule has 0 heterocycles. The molecule has 72 valence electrons. The van der Waals surface area contributed by atoms with Crippen molar-refractivity contribution < 1.29 is 4.74 Å². The first-order valence-electron chi connectivity index (χ1n) is 4.49. The first-order chi connectivity index (χ1) is 5.70. The number of hydrogen-bond donors (Lipinski definition) is 0. The first kappa shape index (κ1) is 12.0. The third-order valence-electron chi connectivity index (χ3n) is 1.70. The molecule has 0 amide bonds. The van der Waals surface area contributed by atoms with Crippen LogP contribution in [0.15, 0.2) is 12.7 Å². The van der Waals surface area contributed by atoms with Gasteiger partial charge in [-0.2, -0.15) is 0 Å². The molecule has 0 aliphatic heterocycles. The van der Waals surface area contributed by atoms with Crippen LogP contribution in [0.2, 0.25) is 0 Å². The number of allylic oxidation sites excluding steroid dienone is 1. The highest BCUT2D eigenvalue weighted by Crippen LogP contribution is 2.11. The molecule has 1 nitrogen and oxygen atoms in total. The molecule has 0 spiro atoms. The van der Waals surface area contributed by atoms with Gasteiger partial charge in [0.2, 0.25) is 0 Å². The Morgan fingerprint density at radius 3 is 2.58 bits per heavy atom. The zero-order valence-electron chi connectivity index (χ0n) is 8.05. The molecule has 0 aromatic carbocycles. The van der Waals surface area contributed by atoms with Gasteiger partial charge in [-0.15, -0.1) is 18.2 Å². The monoisotopic (exact) mass is 190 g/mol. The van der Waals surface area contributed by atoms with Crippen molar-refractivity contribution in [2.24, 2.45) is 5.92 Å². The van der Waals surface area contributed by atoms with Gasteiger partial charge in [0.05, 0.1) is 6.10 Å². The lowest BCUT2D eigenvalue weighted by atomic mass is 10.0. The second-order valence-electron chi connectivity index (χ2n) is 3.25. The highest BCUT2D eigenvalue weighted by atomic mass is 35.5. The molecule has 1 unspecified atom stereocenters. The molecule has 0 saturated carbocycles. The molecular formula is C10H19ClO. The minimum atomic E-state index is 0.324. The van der Waals surface area contributed by atoms with E-state index in [2.05, 4.69) is 6.58 Å². The van der Waals surface area contributed by atoms with E-state index >= 15 is 0 Å². The van der Waals surface area contributed by atoms with Gasteiger partial charge in [0.1, 0.15) is 0 Å². The summed E-state index contributed by atoms with van der Waals surface area (Å²) in [6.07, 6.45) is 4.27. The van der Waals surface area contributed by atoms with E-state index in [1.165, 1.54) is 0 Å². The van der Waals surface area contributed by atoms with Crippen LogP contribution in [0.3, 0.4) is 0 Å². The van der Waals surface area contributed by atoms with E-state index in [-0.39, 0.29) is 0 Å². The maximum absolute atomic E-state index is 5.76. The summed E-state index contributed by atoms with van der Waals surface area (Å²) in [5.74, 6) is 1.23. The van der Waals surface area contributed by atoms with Crippen molar-refractivity contribution in [1.82, 2.24) is 0 Å². The molecule has 0 aliphatic carbocycles. The largest absolute Gasteiger partial charge is 0.379 e. The van der Waals surface area contributed by atoms with Crippen LogP contribution in [0.25, 0.3) is 0 Å². The fraction of sp³-hybridized carbons (Fsp3) is 0.800. The maximum Gasteiger partial charge on any atom is 0.0518 e. The van der Waals surface area contributed by atoms with E-state index in [0.29, 0.717) is 17.9 Å².